The van der Waals surface area contributed by atoms with Crippen molar-refractivity contribution < 1.29 is 9.59 Å². The standard InChI is InChI=1S/C15H12N4O3/c1-17-11-4-3-10(5-12(11)18(2)15(17)22)19-8-9(7-16)13(20)6-14(19)21/h3-5,8H,6H2,1-2H3. The molecule has 110 valence electrons. The van der Waals surface area contributed by atoms with E-state index in [1.165, 1.54) is 20.2 Å². The molecular formula is C15H12N4O3. The molecule has 1 aliphatic heterocycles. The number of Topliss-reactive ketones (excluding diaryl/α,β-unsaturated/α-hetero) is 1. The molecule has 1 amide bonds. The fourth-order valence-electron chi connectivity index (χ4n) is 2.55. The third-order valence-electron chi connectivity index (χ3n) is 3.79. The molecule has 0 radical (unpaired) electrons. The molecule has 0 saturated heterocycles. The zero-order valence-corrected chi connectivity index (χ0v) is 12.0. The summed E-state index contributed by atoms with van der Waals surface area (Å²) in [5, 5.41) is 8.94. The number of fused-ring (bicyclic) bond motifs is 1. The van der Waals surface area contributed by atoms with Gasteiger partial charge in [0.1, 0.15) is 11.6 Å². The van der Waals surface area contributed by atoms with Gasteiger partial charge in [-0.15, -0.1) is 0 Å². The van der Waals surface area contributed by atoms with Crippen molar-refractivity contribution >= 4 is 28.4 Å². The van der Waals surface area contributed by atoms with Crippen LogP contribution in [0, 0.1) is 11.3 Å². The molecule has 0 bridgehead atoms. The van der Waals surface area contributed by atoms with Gasteiger partial charge in [-0.2, -0.15) is 5.26 Å². The number of nitriles is 1. The monoisotopic (exact) mass is 296 g/mol. The minimum absolute atomic E-state index is 0.0540. The third-order valence-corrected chi connectivity index (χ3v) is 3.79. The number of amides is 1. The van der Waals surface area contributed by atoms with Crippen LogP contribution in [0.1, 0.15) is 6.42 Å². The van der Waals surface area contributed by atoms with Crippen molar-refractivity contribution in [3.63, 3.8) is 0 Å². The number of ketones is 1. The molecule has 0 fully saturated rings. The average molecular weight is 296 g/mol. The minimum atomic E-state index is -0.475. The molecule has 1 aromatic carbocycles. The molecule has 0 aliphatic carbocycles. The van der Waals surface area contributed by atoms with E-state index in [0.29, 0.717) is 11.2 Å². The number of allylic oxidation sites excluding steroid dienone is 1. The van der Waals surface area contributed by atoms with Crippen LogP contribution in [0.25, 0.3) is 11.0 Å². The van der Waals surface area contributed by atoms with Crippen LogP contribution >= 0.6 is 0 Å². The summed E-state index contributed by atoms with van der Waals surface area (Å²) in [6.45, 7) is 0. The number of aryl methyl sites for hydroxylation is 2. The van der Waals surface area contributed by atoms with Gasteiger partial charge in [0.15, 0.2) is 5.78 Å². The lowest BCUT2D eigenvalue weighted by Crippen LogP contribution is -2.33. The summed E-state index contributed by atoms with van der Waals surface area (Å²) in [7, 11) is 3.31. The average Bonchev–Trinajstić information content (AvgIpc) is 2.72. The van der Waals surface area contributed by atoms with Crippen molar-refractivity contribution in [1.82, 2.24) is 9.13 Å². The van der Waals surface area contributed by atoms with Crippen molar-refractivity contribution in [3.05, 3.63) is 40.5 Å². The Bertz CT molecular complexity index is 956. The summed E-state index contributed by atoms with van der Waals surface area (Å²) in [5.41, 5.74) is 1.70. The summed E-state index contributed by atoms with van der Waals surface area (Å²) < 4.78 is 2.99. The van der Waals surface area contributed by atoms with E-state index in [1.54, 1.807) is 38.4 Å². The van der Waals surface area contributed by atoms with Gasteiger partial charge in [-0.1, -0.05) is 0 Å². The van der Waals surface area contributed by atoms with Gasteiger partial charge in [0.05, 0.1) is 23.1 Å². The third kappa shape index (κ3) is 1.85. The number of carbonyl (C=O) groups excluding carboxylic acids is 2. The molecule has 2 heterocycles. The Hall–Kier alpha value is -3.14. The molecule has 1 aromatic heterocycles. The smallest absolute Gasteiger partial charge is 0.295 e. The van der Waals surface area contributed by atoms with Crippen LogP contribution in [0.5, 0.6) is 0 Å². The van der Waals surface area contributed by atoms with Gasteiger partial charge in [-0.05, 0) is 18.2 Å². The van der Waals surface area contributed by atoms with E-state index in [2.05, 4.69) is 0 Å². The maximum atomic E-state index is 12.0. The Kier molecular flexibility index (Phi) is 2.95. The summed E-state index contributed by atoms with van der Waals surface area (Å²) in [5.74, 6) is -0.874. The maximum Gasteiger partial charge on any atom is 0.328 e. The number of hydrogen-bond donors (Lipinski definition) is 0. The Morgan fingerprint density at radius 1 is 1.09 bits per heavy atom. The first-order valence-corrected chi connectivity index (χ1v) is 6.56. The van der Waals surface area contributed by atoms with Crippen molar-refractivity contribution in [3.8, 4) is 6.07 Å². The summed E-state index contributed by atoms with van der Waals surface area (Å²) in [6, 6.07) is 6.90. The van der Waals surface area contributed by atoms with Gasteiger partial charge in [-0.25, -0.2) is 4.79 Å². The highest BCUT2D eigenvalue weighted by Gasteiger charge is 2.27. The largest absolute Gasteiger partial charge is 0.328 e. The number of imidazole rings is 1. The predicted molar refractivity (Wildman–Crippen MR) is 79.0 cm³/mol. The van der Waals surface area contributed by atoms with Crippen molar-refractivity contribution in [1.29, 1.82) is 5.26 Å². The zero-order chi connectivity index (χ0) is 16.0. The molecule has 1 aliphatic rings. The molecule has 3 rings (SSSR count). The number of benzene rings is 1. The molecule has 7 nitrogen and oxygen atoms in total. The first-order chi connectivity index (χ1) is 10.4. The molecular weight excluding hydrogens is 284 g/mol. The number of anilines is 1. The first kappa shape index (κ1) is 13.8. The van der Waals surface area contributed by atoms with E-state index in [-0.39, 0.29) is 17.7 Å². The quantitative estimate of drug-likeness (QED) is 0.720. The zero-order valence-electron chi connectivity index (χ0n) is 12.0. The highest BCUT2D eigenvalue weighted by Crippen LogP contribution is 2.25. The highest BCUT2D eigenvalue weighted by molar-refractivity contribution is 6.17. The summed E-state index contributed by atoms with van der Waals surface area (Å²) in [6.07, 6.45) is 0.918. The highest BCUT2D eigenvalue weighted by atomic mass is 16.2. The summed E-state index contributed by atoms with van der Waals surface area (Å²) in [4.78, 5) is 36.8. The lowest BCUT2D eigenvalue weighted by atomic mass is 10.1. The normalized spacial score (nSPS) is 15.1. The Morgan fingerprint density at radius 2 is 1.77 bits per heavy atom. The number of nitrogens with zero attached hydrogens (tertiary/aromatic N) is 4. The molecule has 0 spiro atoms. The Balaban J connectivity index is 2.19. The second-order valence-electron chi connectivity index (χ2n) is 5.09. The number of hydrogen-bond acceptors (Lipinski definition) is 4. The second kappa shape index (κ2) is 4.70. The van der Waals surface area contributed by atoms with Crippen LogP contribution in [0.15, 0.2) is 34.8 Å². The van der Waals surface area contributed by atoms with Gasteiger partial charge in [0.2, 0.25) is 5.91 Å². The van der Waals surface area contributed by atoms with E-state index >= 15 is 0 Å². The van der Waals surface area contributed by atoms with Crippen LogP contribution in [-0.2, 0) is 23.7 Å². The maximum absolute atomic E-state index is 12.0. The fraction of sp³-hybridized carbons (Fsp3) is 0.200. The SMILES string of the molecule is Cn1c(=O)n(C)c2cc(N3C=C(C#N)C(=O)CC3=O)ccc21. The molecule has 7 heteroatoms. The topological polar surface area (TPSA) is 88.1 Å². The summed E-state index contributed by atoms with van der Waals surface area (Å²) >= 11 is 0. The van der Waals surface area contributed by atoms with Gasteiger partial charge in [0.25, 0.3) is 0 Å². The number of aromatic nitrogens is 2. The van der Waals surface area contributed by atoms with Gasteiger partial charge >= 0.3 is 5.69 Å². The Labute approximate surface area is 125 Å². The first-order valence-electron chi connectivity index (χ1n) is 6.56. The van der Waals surface area contributed by atoms with Crippen LogP contribution in [-0.4, -0.2) is 20.8 Å². The van der Waals surface area contributed by atoms with Crippen molar-refractivity contribution in [2.45, 2.75) is 6.42 Å². The van der Waals surface area contributed by atoms with Crippen LogP contribution in [0.3, 0.4) is 0 Å². The van der Waals surface area contributed by atoms with Crippen LogP contribution in [0.4, 0.5) is 5.69 Å². The van der Waals surface area contributed by atoms with Crippen molar-refractivity contribution in [2.75, 3.05) is 4.90 Å². The second-order valence-corrected chi connectivity index (χ2v) is 5.09. The molecule has 0 saturated carbocycles. The molecule has 2 aromatic rings. The number of rotatable bonds is 1. The van der Waals surface area contributed by atoms with E-state index in [0.717, 1.165) is 5.52 Å². The van der Waals surface area contributed by atoms with Gasteiger partial charge in [-0.3, -0.25) is 23.6 Å². The number of carbonyl (C=O) groups is 2. The minimum Gasteiger partial charge on any atom is -0.295 e. The van der Waals surface area contributed by atoms with Crippen LogP contribution in [0.2, 0.25) is 0 Å². The van der Waals surface area contributed by atoms with E-state index in [4.69, 9.17) is 5.26 Å². The van der Waals surface area contributed by atoms with Crippen molar-refractivity contribution in [2.24, 2.45) is 14.1 Å². The van der Waals surface area contributed by atoms with E-state index < -0.39 is 11.7 Å². The van der Waals surface area contributed by atoms with Gasteiger partial charge < -0.3 is 0 Å². The molecule has 0 N–H and O–H groups in total. The lowest BCUT2D eigenvalue weighted by Gasteiger charge is -2.22. The predicted octanol–water partition coefficient (Wildman–Crippen LogP) is 0.590. The molecule has 0 atom stereocenters. The fourth-order valence-corrected chi connectivity index (χ4v) is 2.55. The van der Waals surface area contributed by atoms with E-state index in [9.17, 15) is 14.4 Å². The lowest BCUT2D eigenvalue weighted by molar-refractivity contribution is -0.125. The van der Waals surface area contributed by atoms with Gasteiger partial charge in [0, 0.05) is 20.3 Å². The van der Waals surface area contributed by atoms with Crippen LogP contribution < -0.4 is 10.6 Å². The molecule has 0 unspecified atom stereocenters. The van der Waals surface area contributed by atoms with E-state index in [1.807, 2.05) is 0 Å². The Morgan fingerprint density at radius 3 is 2.45 bits per heavy atom. The molecule has 22 heavy (non-hydrogen) atoms.